The van der Waals surface area contributed by atoms with Crippen molar-refractivity contribution >= 4 is 23.8 Å². The van der Waals surface area contributed by atoms with Crippen molar-refractivity contribution in [1.29, 1.82) is 0 Å². The molecule has 0 aromatic rings. The van der Waals surface area contributed by atoms with Gasteiger partial charge in [0.1, 0.15) is 5.92 Å². The number of nitrogens with zero attached hydrogens (tertiary/aromatic N) is 2. The van der Waals surface area contributed by atoms with Gasteiger partial charge in [-0.15, -0.1) is 0 Å². The lowest BCUT2D eigenvalue weighted by atomic mass is 10.0. The maximum absolute atomic E-state index is 12.8. The second-order valence-electron chi connectivity index (χ2n) is 5.64. The first-order chi connectivity index (χ1) is 10.1. The second kappa shape index (κ2) is 7.35. The van der Waals surface area contributed by atoms with Crippen LogP contribution in [-0.4, -0.2) is 76.8 Å². The summed E-state index contributed by atoms with van der Waals surface area (Å²) in [7, 11) is 0. The van der Waals surface area contributed by atoms with Crippen LogP contribution in [0.3, 0.4) is 0 Å². The second-order valence-corrected chi connectivity index (χ2v) is 6.79. The molecule has 0 spiro atoms. The quantitative estimate of drug-likeness (QED) is 0.848. The minimum absolute atomic E-state index is 0.0357. The molecule has 0 aromatic heterocycles. The number of ether oxygens (including phenoxy) is 1. The number of rotatable bonds is 4. The molecule has 0 radical (unpaired) electrons. The molecule has 2 saturated heterocycles. The third-order valence-electron chi connectivity index (χ3n) is 4.09. The molecule has 2 rings (SSSR count). The normalized spacial score (nSPS) is 29.4. The zero-order chi connectivity index (χ0) is 15.4. The van der Waals surface area contributed by atoms with Gasteiger partial charge in [-0.25, -0.2) is 4.79 Å². The highest BCUT2D eigenvalue weighted by molar-refractivity contribution is 7.99. The fraction of sp³-hybridized carbons (Fsp3) is 0.857. The van der Waals surface area contributed by atoms with Crippen molar-refractivity contribution in [2.24, 2.45) is 5.92 Å². The number of thioether (sulfide) groups is 1. The maximum Gasteiger partial charge on any atom is 0.320 e. The summed E-state index contributed by atoms with van der Waals surface area (Å²) >= 11 is 1.86. The van der Waals surface area contributed by atoms with Gasteiger partial charge in [0.2, 0.25) is 0 Å². The van der Waals surface area contributed by atoms with E-state index in [4.69, 9.17) is 4.74 Å². The number of urea groups is 1. The minimum atomic E-state index is -0.881. The Morgan fingerprint density at radius 1 is 1.43 bits per heavy atom. The summed E-state index contributed by atoms with van der Waals surface area (Å²) in [5.41, 5.74) is 0. The van der Waals surface area contributed by atoms with E-state index in [-0.39, 0.29) is 24.7 Å². The van der Waals surface area contributed by atoms with Crippen molar-refractivity contribution in [2.45, 2.75) is 32.4 Å². The Labute approximate surface area is 129 Å². The summed E-state index contributed by atoms with van der Waals surface area (Å²) in [6.07, 6.45) is 0.811. The topological polar surface area (TPSA) is 70.1 Å². The standard InChI is InChI=1S/C14H24N2O4S/c1-3-4-16(12-8-20-7-11(12)13(17)18)14(19)15-5-6-21-9-10(15)2/h10-12H,3-9H2,1-2H3,(H,17,18). The van der Waals surface area contributed by atoms with E-state index in [0.29, 0.717) is 13.2 Å². The third kappa shape index (κ3) is 3.63. The Morgan fingerprint density at radius 2 is 2.19 bits per heavy atom. The van der Waals surface area contributed by atoms with Crippen molar-refractivity contribution in [2.75, 3.05) is 37.8 Å². The number of carbonyl (C=O) groups excluding carboxylic acids is 1. The van der Waals surface area contributed by atoms with E-state index in [0.717, 1.165) is 24.5 Å². The molecule has 2 heterocycles. The number of amides is 2. The van der Waals surface area contributed by atoms with Gasteiger partial charge < -0.3 is 19.6 Å². The molecular formula is C14H24N2O4S. The maximum atomic E-state index is 12.8. The van der Waals surface area contributed by atoms with Crippen LogP contribution in [0.4, 0.5) is 4.79 Å². The van der Waals surface area contributed by atoms with E-state index in [9.17, 15) is 14.7 Å². The van der Waals surface area contributed by atoms with Gasteiger partial charge in [-0.2, -0.15) is 11.8 Å². The van der Waals surface area contributed by atoms with Crippen LogP contribution < -0.4 is 0 Å². The molecule has 3 atom stereocenters. The molecule has 0 aromatic carbocycles. The molecule has 0 saturated carbocycles. The van der Waals surface area contributed by atoms with Crippen LogP contribution in [0.1, 0.15) is 20.3 Å². The average molecular weight is 316 g/mol. The first-order valence-electron chi connectivity index (χ1n) is 7.51. The number of carboxylic acids is 1. The molecule has 6 nitrogen and oxygen atoms in total. The zero-order valence-corrected chi connectivity index (χ0v) is 13.5. The van der Waals surface area contributed by atoms with E-state index in [2.05, 4.69) is 0 Å². The fourth-order valence-electron chi connectivity index (χ4n) is 2.91. The van der Waals surface area contributed by atoms with Gasteiger partial charge in [-0.1, -0.05) is 6.92 Å². The van der Waals surface area contributed by atoms with E-state index in [1.807, 2.05) is 30.5 Å². The summed E-state index contributed by atoms with van der Waals surface area (Å²) in [6, 6.07) is -0.190. The van der Waals surface area contributed by atoms with Crippen LogP contribution in [0.2, 0.25) is 0 Å². The van der Waals surface area contributed by atoms with E-state index >= 15 is 0 Å². The lowest BCUT2D eigenvalue weighted by Crippen LogP contribution is -2.56. The van der Waals surface area contributed by atoms with Crippen LogP contribution in [0.5, 0.6) is 0 Å². The Morgan fingerprint density at radius 3 is 2.81 bits per heavy atom. The predicted molar refractivity (Wildman–Crippen MR) is 81.6 cm³/mol. The molecule has 2 aliphatic heterocycles. The van der Waals surface area contributed by atoms with Crippen LogP contribution >= 0.6 is 11.8 Å². The van der Waals surface area contributed by atoms with Crippen LogP contribution in [0, 0.1) is 5.92 Å². The van der Waals surface area contributed by atoms with Gasteiger partial charge in [0, 0.05) is 30.6 Å². The van der Waals surface area contributed by atoms with E-state index in [1.54, 1.807) is 4.90 Å². The minimum Gasteiger partial charge on any atom is -0.481 e. The predicted octanol–water partition coefficient (Wildman–Crippen LogP) is 1.36. The highest BCUT2D eigenvalue weighted by atomic mass is 32.2. The lowest BCUT2D eigenvalue weighted by molar-refractivity contribution is -0.142. The van der Waals surface area contributed by atoms with Crippen LogP contribution in [0.25, 0.3) is 0 Å². The number of hydrogen-bond donors (Lipinski definition) is 1. The molecule has 2 aliphatic rings. The van der Waals surface area contributed by atoms with Gasteiger partial charge >= 0.3 is 12.0 Å². The van der Waals surface area contributed by atoms with Gasteiger partial charge in [-0.3, -0.25) is 4.79 Å². The number of hydrogen-bond acceptors (Lipinski definition) is 4. The molecular weight excluding hydrogens is 292 g/mol. The Hall–Kier alpha value is -0.950. The summed E-state index contributed by atoms with van der Waals surface area (Å²) in [5, 5.41) is 9.31. The summed E-state index contributed by atoms with van der Waals surface area (Å²) in [6.45, 7) is 5.87. The summed E-state index contributed by atoms with van der Waals surface area (Å²) in [5.74, 6) is 0.387. The average Bonchev–Trinajstić information content (AvgIpc) is 2.94. The summed E-state index contributed by atoms with van der Waals surface area (Å²) < 4.78 is 5.33. The molecule has 2 fully saturated rings. The Kier molecular flexibility index (Phi) is 5.75. The Balaban J connectivity index is 2.13. The van der Waals surface area contributed by atoms with Crippen molar-refractivity contribution in [3.8, 4) is 0 Å². The molecule has 0 aliphatic carbocycles. The smallest absolute Gasteiger partial charge is 0.320 e. The van der Waals surface area contributed by atoms with Gasteiger partial charge in [0.25, 0.3) is 0 Å². The lowest BCUT2D eigenvalue weighted by Gasteiger charge is -2.39. The first kappa shape index (κ1) is 16.4. The zero-order valence-electron chi connectivity index (χ0n) is 12.7. The van der Waals surface area contributed by atoms with Crippen molar-refractivity contribution in [3.63, 3.8) is 0 Å². The molecule has 3 unspecified atom stereocenters. The van der Waals surface area contributed by atoms with Crippen LogP contribution in [0.15, 0.2) is 0 Å². The monoisotopic (exact) mass is 316 g/mol. The Bertz CT molecular complexity index is 393. The highest BCUT2D eigenvalue weighted by Crippen LogP contribution is 2.24. The third-order valence-corrected chi connectivity index (χ3v) is 5.28. The van der Waals surface area contributed by atoms with E-state index < -0.39 is 11.9 Å². The molecule has 7 heteroatoms. The fourth-order valence-corrected chi connectivity index (χ4v) is 3.92. The molecule has 120 valence electrons. The van der Waals surface area contributed by atoms with Gasteiger partial charge in [0.05, 0.1) is 19.3 Å². The number of aliphatic carboxylic acids is 1. The molecule has 21 heavy (non-hydrogen) atoms. The van der Waals surface area contributed by atoms with Gasteiger partial charge in [-0.05, 0) is 13.3 Å². The highest BCUT2D eigenvalue weighted by Gasteiger charge is 2.41. The van der Waals surface area contributed by atoms with Gasteiger partial charge in [0.15, 0.2) is 0 Å². The van der Waals surface area contributed by atoms with Crippen molar-refractivity contribution in [1.82, 2.24) is 9.80 Å². The largest absolute Gasteiger partial charge is 0.481 e. The SMILES string of the molecule is CCCN(C(=O)N1CCSCC1C)C1COCC1C(=O)O. The van der Waals surface area contributed by atoms with Crippen LogP contribution in [-0.2, 0) is 9.53 Å². The van der Waals surface area contributed by atoms with Crippen molar-refractivity contribution < 1.29 is 19.4 Å². The first-order valence-corrected chi connectivity index (χ1v) is 8.67. The van der Waals surface area contributed by atoms with Crippen molar-refractivity contribution in [3.05, 3.63) is 0 Å². The molecule has 1 N–H and O–H groups in total. The molecule has 0 bridgehead atoms. The number of carbonyl (C=O) groups is 2. The summed E-state index contributed by atoms with van der Waals surface area (Å²) in [4.78, 5) is 27.8. The molecule has 2 amide bonds. The number of carboxylic acid groups (broad SMARTS) is 1. The van der Waals surface area contributed by atoms with E-state index in [1.165, 1.54) is 0 Å².